The molecule has 17 heavy (non-hydrogen) atoms. The molecule has 0 radical (unpaired) electrons. The van der Waals surface area contributed by atoms with Gasteiger partial charge in [0, 0.05) is 19.3 Å². The first-order valence-electron chi connectivity index (χ1n) is 5.47. The lowest BCUT2D eigenvalue weighted by Crippen LogP contribution is -2.27. The number of rotatable bonds is 2. The van der Waals surface area contributed by atoms with E-state index in [1.54, 1.807) is 6.07 Å². The van der Waals surface area contributed by atoms with Gasteiger partial charge in [-0.05, 0) is 36.5 Å². The highest BCUT2D eigenvalue weighted by atomic mass is 35.5. The molecule has 5 heteroatoms. The fourth-order valence-electron chi connectivity index (χ4n) is 2.07. The Balaban J connectivity index is 0.00000144. The lowest BCUT2D eigenvalue weighted by Gasteiger charge is -2.28. The summed E-state index contributed by atoms with van der Waals surface area (Å²) in [5.41, 5.74) is 7.29. The molecular formula is C12H16Cl3NO. The van der Waals surface area contributed by atoms with Crippen molar-refractivity contribution in [3.63, 3.8) is 0 Å². The lowest BCUT2D eigenvalue weighted by atomic mass is 9.88. The van der Waals surface area contributed by atoms with Gasteiger partial charge in [0.1, 0.15) is 0 Å². The maximum absolute atomic E-state index is 6.23. The first kappa shape index (κ1) is 15.1. The SMILES string of the molecule is Cl.N[C@H](c1ccc(Cl)c(Cl)c1)C1CCOCC1. The van der Waals surface area contributed by atoms with Crippen molar-refractivity contribution in [3.05, 3.63) is 33.8 Å². The van der Waals surface area contributed by atoms with Gasteiger partial charge in [0.05, 0.1) is 10.0 Å². The van der Waals surface area contributed by atoms with E-state index in [-0.39, 0.29) is 18.4 Å². The molecule has 1 aliphatic rings. The van der Waals surface area contributed by atoms with E-state index >= 15 is 0 Å². The van der Waals surface area contributed by atoms with E-state index in [9.17, 15) is 0 Å². The molecule has 96 valence electrons. The van der Waals surface area contributed by atoms with Crippen molar-refractivity contribution in [2.45, 2.75) is 18.9 Å². The molecule has 0 saturated carbocycles. The third-order valence-electron chi connectivity index (χ3n) is 3.10. The van der Waals surface area contributed by atoms with Crippen LogP contribution in [0.25, 0.3) is 0 Å². The summed E-state index contributed by atoms with van der Waals surface area (Å²) in [4.78, 5) is 0. The first-order valence-corrected chi connectivity index (χ1v) is 6.22. The minimum Gasteiger partial charge on any atom is -0.381 e. The van der Waals surface area contributed by atoms with Gasteiger partial charge in [-0.3, -0.25) is 0 Å². The Hall–Kier alpha value is 0.01000. The van der Waals surface area contributed by atoms with Crippen LogP contribution in [0.15, 0.2) is 18.2 Å². The van der Waals surface area contributed by atoms with Gasteiger partial charge < -0.3 is 10.5 Å². The Labute approximate surface area is 118 Å². The summed E-state index contributed by atoms with van der Waals surface area (Å²) < 4.78 is 5.33. The first-order chi connectivity index (χ1) is 7.68. The third-order valence-corrected chi connectivity index (χ3v) is 3.84. The van der Waals surface area contributed by atoms with E-state index < -0.39 is 0 Å². The zero-order chi connectivity index (χ0) is 11.5. The number of hydrogen-bond donors (Lipinski definition) is 1. The molecule has 0 unspecified atom stereocenters. The average Bonchev–Trinajstić information content (AvgIpc) is 2.33. The molecule has 2 N–H and O–H groups in total. The molecule has 0 spiro atoms. The molecule has 2 nitrogen and oxygen atoms in total. The lowest BCUT2D eigenvalue weighted by molar-refractivity contribution is 0.0584. The van der Waals surface area contributed by atoms with Gasteiger partial charge in [-0.15, -0.1) is 12.4 Å². The summed E-state index contributed by atoms with van der Waals surface area (Å²) in [5.74, 6) is 0.478. The maximum Gasteiger partial charge on any atom is 0.0595 e. The summed E-state index contributed by atoms with van der Waals surface area (Å²) in [5, 5.41) is 1.14. The van der Waals surface area contributed by atoms with E-state index in [2.05, 4.69) is 0 Å². The molecule has 0 aliphatic carbocycles. The van der Waals surface area contributed by atoms with Crippen molar-refractivity contribution in [1.29, 1.82) is 0 Å². The highest BCUT2D eigenvalue weighted by Crippen LogP contribution is 2.31. The van der Waals surface area contributed by atoms with Gasteiger partial charge in [-0.25, -0.2) is 0 Å². The van der Waals surface area contributed by atoms with Crippen LogP contribution < -0.4 is 5.73 Å². The summed E-state index contributed by atoms with van der Waals surface area (Å²) in [6, 6.07) is 5.65. The molecule has 1 saturated heterocycles. The molecule has 0 bridgehead atoms. The van der Waals surface area contributed by atoms with Crippen LogP contribution in [0.1, 0.15) is 24.4 Å². The summed E-state index contributed by atoms with van der Waals surface area (Å²) in [6.45, 7) is 1.61. The number of hydrogen-bond acceptors (Lipinski definition) is 2. The molecular weight excluding hydrogens is 280 g/mol. The quantitative estimate of drug-likeness (QED) is 0.900. The van der Waals surface area contributed by atoms with Crippen LogP contribution in [-0.2, 0) is 4.74 Å². The molecule has 0 aromatic heterocycles. The second kappa shape index (κ2) is 6.81. The molecule has 1 fully saturated rings. The van der Waals surface area contributed by atoms with Crippen molar-refractivity contribution in [1.82, 2.24) is 0 Å². The Bertz CT molecular complexity index is 367. The van der Waals surface area contributed by atoms with Crippen LogP contribution in [0, 0.1) is 5.92 Å². The van der Waals surface area contributed by atoms with Crippen molar-refractivity contribution in [2.24, 2.45) is 11.7 Å². The Morgan fingerprint density at radius 3 is 2.41 bits per heavy atom. The fourth-order valence-corrected chi connectivity index (χ4v) is 2.37. The number of ether oxygens (including phenoxy) is 1. The molecule has 1 aromatic carbocycles. The maximum atomic E-state index is 6.23. The largest absolute Gasteiger partial charge is 0.381 e. The van der Waals surface area contributed by atoms with Crippen molar-refractivity contribution < 1.29 is 4.74 Å². The van der Waals surface area contributed by atoms with Gasteiger partial charge in [0.25, 0.3) is 0 Å². The molecule has 1 heterocycles. The van der Waals surface area contributed by atoms with Crippen LogP contribution in [-0.4, -0.2) is 13.2 Å². The van der Waals surface area contributed by atoms with Crippen LogP contribution in [0.3, 0.4) is 0 Å². The molecule has 0 amide bonds. The fraction of sp³-hybridized carbons (Fsp3) is 0.500. The van der Waals surface area contributed by atoms with E-state index in [4.69, 9.17) is 33.7 Å². The van der Waals surface area contributed by atoms with E-state index in [1.165, 1.54) is 0 Å². The third kappa shape index (κ3) is 3.73. The molecule has 1 aromatic rings. The van der Waals surface area contributed by atoms with E-state index in [0.29, 0.717) is 16.0 Å². The van der Waals surface area contributed by atoms with Crippen molar-refractivity contribution >= 4 is 35.6 Å². The monoisotopic (exact) mass is 295 g/mol. The molecule has 1 aliphatic heterocycles. The number of benzene rings is 1. The second-order valence-electron chi connectivity index (χ2n) is 4.15. The van der Waals surface area contributed by atoms with Crippen LogP contribution in [0.2, 0.25) is 10.0 Å². The summed E-state index contributed by atoms with van der Waals surface area (Å²) in [7, 11) is 0. The zero-order valence-electron chi connectivity index (χ0n) is 9.36. The summed E-state index contributed by atoms with van der Waals surface area (Å²) >= 11 is 11.9. The van der Waals surface area contributed by atoms with Gasteiger partial charge in [-0.2, -0.15) is 0 Å². The van der Waals surface area contributed by atoms with Crippen molar-refractivity contribution in [3.8, 4) is 0 Å². The average molecular weight is 297 g/mol. The van der Waals surface area contributed by atoms with Crippen LogP contribution >= 0.6 is 35.6 Å². The molecule has 2 rings (SSSR count). The highest BCUT2D eigenvalue weighted by molar-refractivity contribution is 6.42. The minimum absolute atomic E-state index is 0. The predicted molar refractivity (Wildman–Crippen MR) is 74.2 cm³/mol. The number of halogens is 3. The highest BCUT2D eigenvalue weighted by Gasteiger charge is 2.22. The minimum atomic E-state index is 0. The topological polar surface area (TPSA) is 35.2 Å². The smallest absolute Gasteiger partial charge is 0.0595 e. The normalized spacial score (nSPS) is 18.5. The van der Waals surface area contributed by atoms with Gasteiger partial charge in [0.15, 0.2) is 0 Å². The van der Waals surface area contributed by atoms with E-state index in [1.807, 2.05) is 12.1 Å². The Morgan fingerprint density at radius 2 is 1.82 bits per heavy atom. The summed E-state index contributed by atoms with van der Waals surface area (Å²) in [6.07, 6.45) is 2.03. The number of nitrogens with two attached hydrogens (primary N) is 1. The predicted octanol–water partition coefficient (Wildman–Crippen LogP) is 3.84. The van der Waals surface area contributed by atoms with E-state index in [0.717, 1.165) is 31.6 Å². The second-order valence-corrected chi connectivity index (χ2v) is 4.96. The Morgan fingerprint density at radius 1 is 1.18 bits per heavy atom. The van der Waals surface area contributed by atoms with Crippen LogP contribution in [0.5, 0.6) is 0 Å². The van der Waals surface area contributed by atoms with Gasteiger partial charge in [0.2, 0.25) is 0 Å². The zero-order valence-corrected chi connectivity index (χ0v) is 11.7. The van der Waals surface area contributed by atoms with Gasteiger partial charge in [-0.1, -0.05) is 29.3 Å². The van der Waals surface area contributed by atoms with Crippen molar-refractivity contribution in [2.75, 3.05) is 13.2 Å². The van der Waals surface area contributed by atoms with Crippen LogP contribution in [0.4, 0.5) is 0 Å². The standard InChI is InChI=1S/C12H15Cl2NO.ClH/c13-10-2-1-9(7-11(10)14)12(15)8-3-5-16-6-4-8;/h1-2,7-8,12H,3-6,15H2;1H/t12-;/m0./s1. The Kier molecular flexibility index (Phi) is 6.04. The molecule has 1 atom stereocenters. The van der Waals surface area contributed by atoms with Gasteiger partial charge >= 0.3 is 0 Å².